The van der Waals surface area contributed by atoms with Gasteiger partial charge in [-0.2, -0.15) is 0 Å². The van der Waals surface area contributed by atoms with E-state index in [-0.39, 0.29) is 5.02 Å². The van der Waals surface area contributed by atoms with Crippen LogP contribution < -0.4 is 0 Å². The number of rotatable bonds is 2. The lowest BCUT2D eigenvalue weighted by Gasteiger charge is -2.08. The molecule has 1 nitrogen and oxygen atoms in total. The van der Waals surface area contributed by atoms with Crippen LogP contribution in [-0.4, -0.2) is 5.78 Å². The van der Waals surface area contributed by atoms with E-state index in [1.54, 1.807) is 0 Å². The van der Waals surface area contributed by atoms with Gasteiger partial charge in [-0.05, 0) is 18.2 Å². The second kappa shape index (κ2) is 5.40. The molecule has 0 radical (unpaired) electrons. The molecule has 0 saturated heterocycles. The Balaban J connectivity index is 2.69. The van der Waals surface area contributed by atoms with Crippen molar-refractivity contribution in [2.45, 2.75) is 0 Å². The molecule has 0 amide bonds. The normalized spacial score (nSPS) is 10.8. The highest BCUT2D eigenvalue weighted by molar-refractivity contribution is 6.31. The number of hydrogen-bond acceptors (Lipinski definition) is 1. The van der Waals surface area contributed by atoms with Crippen LogP contribution in [0, 0.1) is 34.9 Å². The van der Waals surface area contributed by atoms with Crippen molar-refractivity contribution in [2.75, 3.05) is 0 Å². The molecule has 0 saturated carbocycles. The standard InChI is InChI=1S/C13H3ClF6O/c14-5-1-4(2-6(15)3-5)13(21)7-8(16)10(18)12(20)11(19)9(7)17/h1-3H. The molecule has 2 rings (SSSR count). The van der Waals surface area contributed by atoms with E-state index in [2.05, 4.69) is 0 Å². The van der Waals surface area contributed by atoms with E-state index in [1.807, 2.05) is 0 Å². The number of carbonyl (C=O) groups excluding carboxylic acids is 1. The third-order valence-corrected chi connectivity index (χ3v) is 2.78. The van der Waals surface area contributed by atoms with E-state index in [1.165, 1.54) is 0 Å². The second-order valence-electron chi connectivity index (χ2n) is 3.93. The number of carbonyl (C=O) groups is 1. The Bertz CT molecular complexity index is 710. The Morgan fingerprint density at radius 1 is 0.762 bits per heavy atom. The van der Waals surface area contributed by atoms with E-state index in [4.69, 9.17) is 11.6 Å². The minimum Gasteiger partial charge on any atom is -0.288 e. The Morgan fingerprint density at radius 3 is 1.71 bits per heavy atom. The van der Waals surface area contributed by atoms with E-state index in [0.717, 1.165) is 12.1 Å². The smallest absolute Gasteiger partial charge is 0.200 e. The molecule has 0 atom stereocenters. The highest BCUT2D eigenvalue weighted by Gasteiger charge is 2.30. The minimum atomic E-state index is -2.39. The lowest BCUT2D eigenvalue weighted by molar-refractivity contribution is 0.102. The van der Waals surface area contributed by atoms with Crippen molar-refractivity contribution >= 4 is 17.4 Å². The first-order valence-electron chi connectivity index (χ1n) is 5.26. The molecule has 110 valence electrons. The van der Waals surface area contributed by atoms with Crippen LogP contribution in [0.25, 0.3) is 0 Å². The molecule has 0 bridgehead atoms. The van der Waals surface area contributed by atoms with E-state index in [0.29, 0.717) is 6.07 Å². The Kier molecular flexibility index (Phi) is 3.95. The third kappa shape index (κ3) is 2.61. The van der Waals surface area contributed by atoms with E-state index in [9.17, 15) is 31.1 Å². The van der Waals surface area contributed by atoms with Gasteiger partial charge in [-0.3, -0.25) is 4.79 Å². The molecule has 0 spiro atoms. The van der Waals surface area contributed by atoms with Crippen molar-refractivity contribution in [2.24, 2.45) is 0 Å². The zero-order valence-electron chi connectivity index (χ0n) is 9.79. The maximum Gasteiger partial charge on any atom is 0.200 e. The Labute approximate surface area is 118 Å². The van der Waals surface area contributed by atoms with Crippen molar-refractivity contribution in [1.82, 2.24) is 0 Å². The van der Waals surface area contributed by atoms with Crippen LogP contribution in [0.15, 0.2) is 18.2 Å². The van der Waals surface area contributed by atoms with Gasteiger partial charge in [0.05, 0.1) is 0 Å². The first kappa shape index (κ1) is 15.4. The van der Waals surface area contributed by atoms with Gasteiger partial charge in [-0.15, -0.1) is 0 Å². The van der Waals surface area contributed by atoms with Crippen LogP contribution in [0.1, 0.15) is 15.9 Å². The summed E-state index contributed by atoms with van der Waals surface area (Å²) in [4.78, 5) is 11.8. The van der Waals surface area contributed by atoms with Crippen LogP contribution in [-0.2, 0) is 0 Å². The van der Waals surface area contributed by atoms with Gasteiger partial charge in [0.25, 0.3) is 0 Å². The fourth-order valence-electron chi connectivity index (χ4n) is 1.63. The van der Waals surface area contributed by atoms with Gasteiger partial charge in [-0.25, -0.2) is 26.3 Å². The van der Waals surface area contributed by atoms with Gasteiger partial charge in [0.1, 0.15) is 11.4 Å². The summed E-state index contributed by atoms with van der Waals surface area (Å²) in [6, 6.07) is 2.20. The molecule has 2 aromatic rings. The maximum atomic E-state index is 13.5. The monoisotopic (exact) mass is 324 g/mol. The molecular formula is C13H3ClF6O. The molecule has 2 aromatic carbocycles. The molecule has 0 fully saturated rings. The van der Waals surface area contributed by atoms with Crippen LogP contribution in [0.2, 0.25) is 5.02 Å². The van der Waals surface area contributed by atoms with Crippen molar-refractivity contribution in [3.8, 4) is 0 Å². The van der Waals surface area contributed by atoms with Crippen molar-refractivity contribution in [3.63, 3.8) is 0 Å². The zero-order chi connectivity index (χ0) is 15.9. The summed E-state index contributed by atoms with van der Waals surface area (Å²) in [5.74, 6) is -14.1. The minimum absolute atomic E-state index is 0.276. The van der Waals surface area contributed by atoms with Gasteiger partial charge < -0.3 is 0 Å². The number of benzene rings is 2. The highest BCUT2D eigenvalue weighted by atomic mass is 35.5. The summed E-state index contributed by atoms with van der Waals surface area (Å²) in [5, 5.41) is -0.276. The zero-order valence-corrected chi connectivity index (χ0v) is 10.5. The van der Waals surface area contributed by atoms with Crippen LogP contribution in [0.5, 0.6) is 0 Å². The molecule has 0 heterocycles. The fraction of sp³-hybridized carbons (Fsp3) is 0. The molecule has 0 N–H and O–H groups in total. The predicted octanol–water partition coefficient (Wildman–Crippen LogP) is 4.41. The van der Waals surface area contributed by atoms with Crippen LogP contribution in [0.4, 0.5) is 26.3 Å². The van der Waals surface area contributed by atoms with Gasteiger partial charge in [0.15, 0.2) is 29.1 Å². The summed E-state index contributed by atoms with van der Waals surface area (Å²) >= 11 is 5.46. The average Bonchev–Trinajstić information content (AvgIpc) is 2.42. The number of ketones is 1. The SMILES string of the molecule is O=C(c1cc(F)cc(Cl)c1)c1c(F)c(F)c(F)c(F)c1F. The maximum absolute atomic E-state index is 13.5. The number of hydrogen-bond donors (Lipinski definition) is 0. The van der Waals surface area contributed by atoms with Crippen molar-refractivity contribution in [3.05, 3.63) is 69.3 Å². The lowest BCUT2D eigenvalue weighted by atomic mass is 10.0. The topological polar surface area (TPSA) is 17.1 Å². The largest absolute Gasteiger partial charge is 0.288 e. The van der Waals surface area contributed by atoms with Gasteiger partial charge in [-0.1, -0.05) is 11.6 Å². The molecular weight excluding hydrogens is 322 g/mol. The molecule has 21 heavy (non-hydrogen) atoms. The quantitative estimate of drug-likeness (QED) is 0.346. The molecule has 0 unspecified atom stereocenters. The molecule has 8 heteroatoms. The first-order chi connectivity index (χ1) is 9.73. The highest BCUT2D eigenvalue weighted by Crippen LogP contribution is 2.26. The fourth-order valence-corrected chi connectivity index (χ4v) is 1.86. The van der Waals surface area contributed by atoms with Gasteiger partial charge in [0.2, 0.25) is 5.82 Å². The van der Waals surface area contributed by atoms with E-state index >= 15 is 0 Å². The first-order valence-corrected chi connectivity index (χ1v) is 5.64. The third-order valence-electron chi connectivity index (χ3n) is 2.56. The Hall–Kier alpha value is -2.02. The molecule has 0 aromatic heterocycles. The molecule has 0 aliphatic carbocycles. The second-order valence-corrected chi connectivity index (χ2v) is 4.37. The summed E-state index contributed by atoms with van der Waals surface area (Å²) in [6.45, 7) is 0. The lowest BCUT2D eigenvalue weighted by Crippen LogP contribution is -2.13. The Morgan fingerprint density at radius 2 is 1.24 bits per heavy atom. The summed E-state index contributed by atoms with van der Waals surface area (Å²) in [7, 11) is 0. The predicted molar refractivity (Wildman–Crippen MR) is 61.1 cm³/mol. The van der Waals surface area contributed by atoms with Gasteiger partial charge >= 0.3 is 0 Å². The van der Waals surface area contributed by atoms with Crippen LogP contribution >= 0.6 is 11.6 Å². The molecule has 0 aliphatic rings. The average molecular weight is 325 g/mol. The summed E-state index contributed by atoms with van der Waals surface area (Å²) < 4.78 is 79.0. The van der Waals surface area contributed by atoms with Crippen molar-refractivity contribution < 1.29 is 31.1 Å². The number of halogens is 7. The van der Waals surface area contributed by atoms with Crippen molar-refractivity contribution in [1.29, 1.82) is 0 Å². The van der Waals surface area contributed by atoms with Crippen LogP contribution in [0.3, 0.4) is 0 Å². The van der Waals surface area contributed by atoms with E-state index < -0.39 is 51.8 Å². The summed E-state index contributed by atoms with van der Waals surface area (Å²) in [5.41, 5.74) is -2.32. The summed E-state index contributed by atoms with van der Waals surface area (Å²) in [6.07, 6.45) is 0. The van der Waals surface area contributed by atoms with Gasteiger partial charge in [0, 0.05) is 10.6 Å². The molecule has 0 aliphatic heterocycles.